The molecule has 1 heterocycles. The Hall–Kier alpha value is -1.56. The number of rotatable bonds is 1. The van der Waals surface area contributed by atoms with Gasteiger partial charge >= 0.3 is 0 Å². The van der Waals surface area contributed by atoms with Crippen molar-refractivity contribution >= 4 is 5.69 Å². The fourth-order valence-corrected chi connectivity index (χ4v) is 1.79. The summed E-state index contributed by atoms with van der Waals surface area (Å²) in [5, 5.41) is 8.59. The molecule has 0 unspecified atom stereocenters. The number of halogens is 1. The zero-order valence-electron chi connectivity index (χ0n) is 7.83. The van der Waals surface area contributed by atoms with Crippen LogP contribution in [0.1, 0.15) is 18.4 Å². The van der Waals surface area contributed by atoms with Gasteiger partial charge in [0.2, 0.25) is 0 Å². The maximum Gasteiger partial charge on any atom is 0.147 e. The summed E-state index contributed by atoms with van der Waals surface area (Å²) in [6.45, 7) is 1.84. The van der Waals surface area contributed by atoms with Crippen LogP contribution < -0.4 is 4.90 Å². The molecule has 0 bridgehead atoms. The Labute approximate surface area is 82.6 Å². The maximum absolute atomic E-state index is 13.5. The minimum absolute atomic E-state index is 0.286. The zero-order valence-corrected chi connectivity index (χ0v) is 7.83. The SMILES string of the molecule is N#Cc1ccc(N2CCCC2)c(F)c1. The quantitative estimate of drug-likeness (QED) is 0.679. The van der Waals surface area contributed by atoms with Gasteiger partial charge in [0.1, 0.15) is 5.82 Å². The monoisotopic (exact) mass is 190 g/mol. The highest BCUT2D eigenvalue weighted by Gasteiger charge is 2.15. The van der Waals surface area contributed by atoms with Gasteiger partial charge in [0.05, 0.1) is 17.3 Å². The number of hydrogen-bond donors (Lipinski definition) is 0. The van der Waals surface area contributed by atoms with Crippen LogP contribution in [-0.2, 0) is 0 Å². The van der Waals surface area contributed by atoms with Gasteiger partial charge in [-0.25, -0.2) is 4.39 Å². The van der Waals surface area contributed by atoms with E-state index in [4.69, 9.17) is 5.26 Å². The molecule has 1 aromatic rings. The second-order valence-corrected chi connectivity index (χ2v) is 3.47. The van der Waals surface area contributed by atoms with Gasteiger partial charge in [0.25, 0.3) is 0 Å². The van der Waals surface area contributed by atoms with E-state index < -0.39 is 0 Å². The second-order valence-electron chi connectivity index (χ2n) is 3.47. The molecule has 0 radical (unpaired) electrons. The minimum atomic E-state index is -0.286. The summed E-state index contributed by atoms with van der Waals surface area (Å²) < 4.78 is 13.5. The van der Waals surface area contributed by atoms with E-state index >= 15 is 0 Å². The maximum atomic E-state index is 13.5. The van der Waals surface area contributed by atoms with E-state index in [1.54, 1.807) is 12.1 Å². The molecule has 1 saturated heterocycles. The Morgan fingerprint density at radius 1 is 1.29 bits per heavy atom. The van der Waals surface area contributed by atoms with Crippen LogP contribution in [0.3, 0.4) is 0 Å². The Balaban J connectivity index is 2.30. The smallest absolute Gasteiger partial charge is 0.147 e. The molecule has 0 saturated carbocycles. The lowest BCUT2D eigenvalue weighted by Crippen LogP contribution is -2.18. The molecule has 72 valence electrons. The van der Waals surface area contributed by atoms with Gasteiger partial charge in [0, 0.05) is 13.1 Å². The Morgan fingerprint density at radius 2 is 2.00 bits per heavy atom. The second kappa shape index (κ2) is 3.67. The Kier molecular flexibility index (Phi) is 2.36. The molecule has 0 aliphatic carbocycles. The first-order valence-corrected chi connectivity index (χ1v) is 4.76. The molecular weight excluding hydrogens is 179 g/mol. The van der Waals surface area contributed by atoms with Crippen molar-refractivity contribution in [3.05, 3.63) is 29.6 Å². The lowest BCUT2D eigenvalue weighted by atomic mass is 10.2. The third kappa shape index (κ3) is 1.56. The van der Waals surface area contributed by atoms with Crippen LogP contribution in [0.5, 0.6) is 0 Å². The van der Waals surface area contributed by atoms with Gasteiger partial charge in [-0.15, -0.1) is 0 Å². The van der Waals surface area contributed by atoms with Crippen LogP contribution in [0.4, 0.5) is 10.1 Å². The van der Waals surface area contributed by atoms with E-state index in [-0.39, 0.29) is 5.82 Å². The van der Waals surface area contributed by atoms with Gasteiger partial charge in [0.15, 0.2) is 0 Å². The van der Waals surface area contributed by atoms with E-state index in [0.29, 0.717) is 11.3 Å². The van der Waals surface area contributed by atoms with Crippen molar-refractivity contribution in [2.75, 3.05) is 18.0 Å². The average Bonchev–Trinajstić information content (AvgIpc) is 2.70. The van der Waals surface area contributed by atoms with Crippen molar-refractivity contribution < 1.29 is 4.39 Å². The van der Waals surface area contributed by atoms with Crippen LogP contribution in [-0.4, -0.2) is 13.1 Å². The standard InChI is InChI=1S/C11H11FN2/c12-10-7-9(8-13)3-4-11(10)14-5-1-2-6-14/h3-4,7H,1-2,5-6H2. The van der Waals surface area contributed by atoms with Gasteiger partial charge in [-0.1, -0.05) is 0 Å². The molecule has 1 aromatic carbocycles. The molecule has 2 rings (SSSR count). The molecule has 0 amide bonds. The minimum Gasteiger partial charge on any atom is -0.369 e. The molecule has 14 heavy (non-hydrogen) atoms. The van der Waals surface area contributed by atoms with Crippen molar-refractivity contribution in [1.29, 1.82) is 5.26 Å². The zero-order chi connectivity index (χ0) is 9.97. The van der Waals surface area contributed by atoms with Crippen LogP contribution in [0, 0.1) is 17.1 Å². The number of benzene rings is 1. The third-order valence-corrected chi connectivity index (χ3v) is 2.52. The van der Waals surface area contributed by atoms with E-state index in [1.807, 2.05) is 11.0 Å². The summed E-state index contributed by atoms with van der Waals surface area (Å²) >= 11 is 0. The molecule has 1 aliphatic rings. The number of nitriles is 1. The predicted molar refractivity (Wildman–Crippen MR) is 52.6 cm³/mol. The molecule has 0 atom stereocenters. The summed E-state index contributed by atoms with van der Waals surface area (Å²) in [5.41, 5.74) is 1.01. The number of anilines is 1. The third-order valence-electron chi connectivity index (χ3n) is 2.52. The Morgan fingerprint density at radius 3 is 2.57 bits per heavy atom. The normalized spacial score (nSPS) is 15.6. The Bertz CT molecular complexity index is 375. The van der Waals surface area contributed by atoms with Crippen molar-refractivity contribution in [3.63, 3.8) is 0 Å². The predicted octanol–water partition coefficient (Wildman–Crippen LogP) is 2.30. The summed E-state index contributed by atoms with van der Waals surface area (Å²) in [6, 6.07) is 6.58. The molecule has 0 N–H and O–H groups in total. The van der Waals surface area contributed by atoms with Gasteiger partial charge in [-0.2, -0.15) is 5.26 Å². The summed E-state index contributed by atoms with van der Waals surface area (Å²) in [5.74, 6) is -0.286. The highest BCUT2D eigenvalue weighted by atomic mass is 19.1. The topological polar surface area (TPSA) is 27.0 Å². The van der Waals surface area contributed by atoms with E-state index in [1.165, 1.54) is 6.07 Å². The number of nitrogens with zero attached hydrogens (tertiary/aromatic N) is 2. The lowest BCUT2D eigenvalue weighted by molar-refractivity contribution is 0.622. The fraction of sp³-hybridized carbons (Fsp3) is 0.364. The summed E-state index contributed by atoms with van der Waals surface area (Å²) in [4.78, 5) is 2.02. The largest absolute Gasteiger partial charge is 0.369 e. The average molecular weight is 190 g/mol. The number of hydrogen-bond acceptors (Lipinski definition) is 2. The first kappa shape index (κ1) is 9.01. The lowest BCUT2D eigenvalue weighted by Gasteiger charge is -2.17. The van der Waals surface area contributed by atoms with Crippen molar-refractivity contribution in [2.24, 2.45) is 0 Å². The highest BCUT2D eigenvalue weighted by molar-refractivity contribution is 5.51. The van der Waals surface area contributed by atoms with Crippen LogP contribution >= 0.6 is 0 Å². The van der Waals surface area contributed by atoms with Gasteiger partial charge in [-0.3, -0.25) is 0 Å². The summed E-state index contributed by atoms with van der Waals surface area (Å²) in [6.07, 6.45) is 2.25. The van der Waals surface area contributed by atoms with Crippen molar-refractivity contribution in [2.45, 2.75) is 12.8 Å². The van der Waals surface area contributed by atoms with Crippen LogP contribution in [0.2, 0.25) is 0 Å². The van der Waals surface area contributed by atoms with E-state index in [2.05, 4.69) is 0 Å². The first-order chi connectivity index (χ1) is 6.81. The van der Waals surface area contributed by atoms with Crippen LogP contribution in [0.15, 0.2) is 18.2 Å². The molecule has 3 heteroatoms. The highest BCUT2D eigenvalue weighted by Crippen LogP contribution is 2.23. The molecule has 1 aliphatic heterocycles. The molecule has 2 nitrogen and oxygen atoms in total. The molecular formula is C11H11FN2. The van der Waals surface area contributed by atoms with E-state index in [9.17, 15) is 4.39 Å². The van der Waals surface area contributed by atoms with Crippen molar-refractivity contribution in [3.8, 4) is 6.07 Å². The fourth-order valence-electron chi connectivity index (χ4n) is 1.79. The van der Waals surface area contributed by atoms with Gasteiger partial charge in [-0.05, 0) is 31.0 Å². The van der Waals surface area contributed by atoms with Gasteiger partial charge < -0.3 is 4.90 Å². The van der Waals surface area contributed by atoms with E-state index in [0.717, 1.165) is 25.9 Å². The summed E-state index contributed by atoms with van der Waals surface area (Å²) in [7, 11) is 0. The molecule has 0 aromatic heterocycles. The molecule has 0 spiro atoms. The van der Waals surface area contributed by atoms with Crippen molar-refractivity contribution in [1.82, 2.24) is 0 Å². The molecule has 1 fully saturated rings. The van der Waals surface area contributed by atoms with Crippen LogP contribution in [0.25, 0.3) is 0 Å². The first-order valence-electron chi connectivity index (χ1n) is 4.76.